The van der Waals surface area contributed by atoms with Gasteiger partial charge in [-0.2, -0.15) is 0 Å². The molecule has 0 bridgehead atoms. The molecule has 0 aromatic carbocycles. The Kier molecular flexibility index (Phi) is 4.88. The molecule has 1 saturated carbocycles. The van der Waals surface area contributed by atoms with E-state index in [0.717, 1.165) is 63.7 Å². The summed E-state index contributed by atoms with van der Waals surface area (Å²) in [4.78, 5) is 40.8. The van der Waals surface area contributed by atoms with Crippen LogP contribution in [0.3, 0.4) is 0 Å². The highest BCUT2D eigenvalue weighted by atomic mass is 16.2. The van der Waals surface area contributed by atoms with E-state index in [-0.39, 0.29) is 23.4 Å². The smallest absolute Gasteiger partial charge is 0.239 e. The minimum atomic E-state index is -0.334. The number of aromatic nitrogens is 2. The maximum absolute atomic E-state index is 13.3. The van der Waals surface area contributed by atoms with Crippen LogP contribution in [0.5, 0.6) is 0 Å². The maximum Gasteiger partial charge on any atom is 0.239 e. The van der Waals surface area contributed by atoms with Crippen molar-refractivity contribution in [2.45, 2.75) is 69.4 Å². The molecule has 2 saturated heterocycles. The average molecular weight is 400 g/mol. The third-order valence-electron chi connectivity index (χ3n) is 7.66. The third-order valence-corrected chi connectivity index (χ3v) is 7.66. The molecule has 7 heteroatoms. The minimum Gasteiger partial charge on any atom is -0.348 e. The number of piperidine rings is 1. The minimum absolute atomic E-state index is 0.0167. The fourth-order valence-electron chi connectivity index (χ4n) is 5.73. The second-order valence-corrected chi connectivity index (χ2v) is 9.45. The second kappa shape index (κ2) is 7.42. The fraction of sp³-hybridized carbons (Fsp3) is 0.773. The first-order valence-electron chi connectivity index (χ1n) is 11.4. The van der Waals surface area contributed by atoms with Crippen molar-refractivity contribution in [2.75, 3.05) is 33.2 Å². The van der Waals surface area contributed by atoms with Gasteiger partial charge in [0, 0.05) is 37.7 Å². The van der Waals surface area contributed by atoms with Crippen LogP contribution in [0, 0.1) is 5.92 Å². The molecule has 1 spiro atoms. The molecular weight excluding hydrogens is 366 g/mol. The van der Waals surface area contributed by atoms with Gasteiger partial charge >= 0.3 is 0 Å². The summed E-state index contributed by atoms with van der Waals surface area (Å²) in [6.45, 7) is 3.20. The predicted molar refractivity (Wildman–Crippen MR) is 109 cm³/mol. The van der Waals surface area contributed by atoms with Gasteiger partial charge in [-0.15, -0.1) is 0 Å². The molecule has 1 aromatic heterocycles. The van der Waals surface area contributed by atoms with Gasteiger partial charge in [0.25, 0.3) is 0 Å². The summed E-state index contributed by atoms with van der Waals surface area (Å²) in [6.07, 6.45) is 10.8. The van der Waals surface area contributed by atoms with Crippen LogP contribution in [0.15, 0.2) is 6.33 Å². The standard InChI is InChI=1S/C22H33N5O2/c1-25-11-4-2-3-5-18(25)21(29)26-13-9-22(10-14-26)19-17(23-15-24-19)8-12-27(22)20(28)16-6-7-16/h15-16,18H,2-14H2,1H3,(H,23,24)/t18-/m0/s1. The van der Waals surface area contributed by atoms with Crippen molar-refractivity contribution in [1.82, 2.24) is 24.7 Å². The topological polar surface area (TPSA) is 72.5 Å². The van der Waals surface area contributed by atoms with Gasteiger partial charge in [-0.1, -0.05) is 12.8 Å². The average Bonchev–Trinajstić information content (AvgIpc) is 3.51. The van der Waals surface area contributed by atoms with Crippen molar-refractivity contribution >= 4 is 11.8 Å². The van der Waals surface area contributed by atoms with Crippen LogP contribution in [0.1, 0.15) is 62.8 Å². The summed E-state index contributed by atoms with van der Waals surface area (Å²) in [6, 6.07) is 0.0167. The number of nitrogens with one attached hydrogen (secondary N) is 1. The molecule has 3 fully saturated rings. The first-order valence-corrected chi connectivity index (χ1v) is 11.4. The highest BCUT2D eigenvalue weighted by Gasteiger charge is 2.51. The lowest BCUT2D eigenvalue weighted by molar-refractivity contribution is -0.147. The Labute approximate surface area is 172 Å². The first-order chi connectivity index (χ1) is 14.1. The lowest BCUT2D eigenvalue weighted by Crippen LogP contribution is -2.60. The van der Waals surface area contributed by atoms with E-state index in [2.05, 4.69) is 31.7 Å². The van der Waals surface area contributed by atoms with Gasteiger partial charge in [0.2, 0.25) is 11.8 Å². The third kappa shape index (κ3) is 3.27. The number of likely N-dealkylation sites (tertiary alicyclic amines) is 2. The number of hydrogen-bond acceptors (Lipinski definition) is 4. The van der Waals surface area contributed by atoms with Crippen LogP contribution in [-0.4, -0.2) is 75.8 Å². The van der Waals surface area contributed by atoms with E-state index in [0.29, 0.717) is 19.0 Å². The molecule has 2 amide bonds. The van der Waals surface area contributed by atoms with E-state index in [1.165, 1.54) is 18.5 Å². The Bertz CT molecular complexity index is 778. The summed E-state index contributed by atoms with van der Waals surface area (Å²) in [5.41, 5.74) is 1.89. The van der Waals surface area contributed by atoms with Gasteiger partial charge in [-0.25, -0.2) is 4.98 Å². The molecule has 4 heterocycles. The van der Waals surface area contributed by atoms with Crippen molar-refractivity contribution in [3.63, 3.8) is 0 Å². The van der Waals surface area contributed by atoms with Crippen molar-refractivity contribution in [3.05, 3.63) is 17.7 Å². The molecule has 0 unspecified atom stereocenters. The summed E-state index contributed by atoms with van der Waals surface area (Å²) in [7, 11) is 2.09. The number of hydrogen-bond donors (Lipinski definition) is 1. The van der Waals surface area contributed by atoms with E-state index < -0.39 is 0 Å². The van der Waals surface area contributed by atoms with Crippen molar-refractivity contribution in [2.24, 2.45) is 5.92 Å². The molecule has 1 aromatic rings. The summed E-state index contributed by atoms with van der Waals surface area (Å²) < 4.78 is 0. The van der Waals surface area contributed by atoms with Crippen LogP contribution >= 0.6 is 0 Å². The van der Waals surface area contributed by atoms with E-state index in [4.69, 9.17) is 0 Å². The Balaban J connectivity index is 1.35. The monoisotopic (exact) mass is 399 g/mol. The molecule has 1 N–H and O–H groups in total. The van der Waals surface area contributed by atoms with Gasteiger partial charge in [0.05, 0.1) is 23.6 Å². The summed E-state index contributed by atoms with van der Waals surface area (Å²) in [5, 5.41) is 0. The van der Waals surface area contributed by atoms with Gasteiger partial charge in [0.15, 0.2) is 0 Å². The molecule has 4 aliphatic rings. The van der Waals surface area contributed by atoms with Gasteiger partial charge in [-0.05, 0) is 52.1 Å². The fourth-order valence-corrected chi connectivity index (χ4v) is 5.73. The van der Waals surface area contributed by atoms with Crippen LogP contribution < -0.4 is 0 Å². The number of aromatic amines is 1. The number of imidazole rings is 1. The number of rotatable bonds is 2. The maximum atomic E-state index is 13.3. The number of amides is 2. The number of carbonyl (C=O) groups is 2. The lowest BCUT2D eigenvalue weighted by atomic mass is 9.78. The van der Waals surface area contributed by atoms with E-state index in [9.17, 15) is 9.59 Å². The van der Waals surface area contributed by atoms with Gasteiger partial charge in [0.1, 0.15) is 0 Å². The van der Waals surface area contributed by atoms with Crippen molar-refractivity contribution in [1.29, 1.82) is 0 Å². The number of nitrogens with zero attached hydrogens (tertiary/aromatic N) is 4. The van der Waals surface area contributed by atoms with Crippen LogP contribution in [0.25, 0.3) is 0 Å². The number of likely N-dealkylation sites (N-methyl/N-ethyl adjacent to an activating group) is 1. The molecule has 5 rings (SSSR count). The highest BCUT2D eigenvalue weighted by molar-refractivity contribution is 5.83. The summed E-state index contributed by atoms with van der Waals surface area (Å²) in [5.74, 6) is 0.802. The van der Waals surface area contributed by atoms with Crippen LogP contribution in [-0.2, 0) is 21.5 Å². The number of carbonyl (C=O) groups excluding carboxylic acids is 2. The molecule has 29 heavy (non-hydrogen) atoms. The van der Waals surface area contributed by atoms with E-state index in [1.54, 1.807) is 6.33 Å². The zero-order valence-corrected chi connectivity index (χ0v) is 17.5. The van der Waals surface area contributed by atoms with Crippen LogP contribution in [0.4, 0.5) is 0 Å². The second-order valence-electron chi connectivity index (χ2n) is 9.45. The zero-order valence-electron chi connectivity index (χ0n) is 17.5. The Morgan fingerprint density at radius 1 is 1.03 bits per heavy atom. The predicted octanol–water partition coefficient (Wildman–Crippen LogP) is 1.90. The number of H-pyrrole nitrogens is 1. The molecule has 7 nitrogen and oxygen atoms in total. The Morgan fingerprint density at radius 2 is 1.83 bits per heavy atom. The molecule has 158 valence electrons. The van der Waals surface area contributed by atoms with Gasteiger partial charge in [-0.3, -0.25) is 14.5 Å². The Hall–Kier alpha value is -1.89. The number of fused-ring (bicyclic) bond motifs is 2. The SMILES string of the molecule is CN1CCCCC[C@H]1C(=O)N1CCC2(CC1)c1nc[nH]c1CCN2C(=O)C1CC1. The normalized spacial score (nSPS) is 27.6. The van der Waals surface area contributed by atoms with Gasteiger partial charge < -0.3 is 14.8 Å². The molecular formula is C22H33N5O2. The molecule has 0 radical (unpaired) electrons. The largest absolute Gasteiger partial charge is 0.348 e. The van der Waals surface area contributed by atoms with Crippen LogP contribution in [0.2, 0.25) is 0 Å². The zero-order chi connectivity index (χ0) is 20.0. The first kappa shape index (κ1) is 19.1. The quantitative estimate of drug-likeness (QED) is 0.824. The van der Waals surface area contributed by atoms with E-state index in [1.807, 2.05) is 0 Å². The van der Waals surface area contributed by atoms with Crippen molar-refractivity contribution in [3.8, 4) is 0 Å². The molecule has 1 atom stereocenters. The Morgan fingerprint density at radius 3 is 2.59 bits per heavy atom. The molecule has 1 aliphatic carbocycles. The summed E-state index contributed by atoms with van der Waals surface area (Å²) >= 11 is 0. The highest BCUT2D eigenvalue weighted by Crippen LogP contribution is 2.45. The molecule has 3 aliphatic heterocycles. The van der Waals surface area contributed by atoms with E-state index >= 15 is 0 Å². The lowest BCUT2D eigenvalue weighted by Gasteiger charge is -2.51. The van der Waals surface area contributed by atoms with Crippen molar-refractivity contribution < 1.29 is 9.59 Å².